The number of pyridine rings is 1. The molecule has 3 aromatic heterocycles. The van der Waals surface area contributed by atoms with E-state index in [2.05, 4.69) is 29.3 Å². The molecule has 0 radical (unpaired) electrons. The molecule has 6 rings (SSSR count). The van der Waals surface area contributed by atoms with Crippen LogP contribution in [-0.2, 0) is 24.4 Å². The van der Waals surface area contributed by atoms with Gasteiger partial charge in [-0.2, -0.15) is 0 Å². The molecule has 0 amide bonds. The molecule has 0 bridgehead atoms. The van der Waals surface area contributed by atoms with Crippen molar-refractivity contribution in [2.24, 2.45) is 5.92 Å². The third-order valence-electron chi connectivity index (χ3n) is 7.46. The van der Waals surface area contributed by atoms with E-state index in [0.29, 0.717) is 46.4 Å². The first-order valence-electron chi connectivity index (χ1n) is 13.5. The molecular formula is C29H29Cl2N7O3. The van der Waals surface area contributed by atoms with E-state index in [9.17, 15) is 4.79 Å². The summed E-state index contributed by atoms with van der Waals surface area (Å²) in [5, 5.41) is 10.2. The highest BCUT2D eigenvalue weighted by Crippen LogP contribution is 2.31. The summed E-state index contributed by atoms with van der Waals surface area (Å²) in [5.41, 5.74) is 2.48. The van der Waals surface area contributed by atoms with Crippen LogP contribution >= 0.6 is 23.2 Å². The van der Waals surface area contributed by atoms with Gasteiger partial charge in [0.25, 0.3) is 0 Å². The third kappa shape index (κ3) is 6.78. The van der Waals surface area contributed by atoms with Gasteiger partial charge in [-0.1, -0.05) is 23.2 Å². The van der Waals surface area contributed by atoms with E-state index in [1.165, 1.54) is 0 Å². The van der Waals surface area contributed by atoms with E-state index in [1.807, 2.05) is 36.7 Å². The Kier molecular flexibility index (Phi) is 8.04. The van der Waals surface area contributed by atoms with Crippen LogP contribution in [-0.4, -0.2) is 60.1 Å². The lowest BCUT2D eigenvalue weighted by Gasteiger charge is -2.31. The quantitative estimate of drug-likeness (QED) is 0.281. The average molecular weight is 595 g/mol. The zero-order valence-electron chi connectivity index (χ0n) is 22.3. The van der Waals surface area contributed by atoms with E-state index in [1.54, 1.807) is 18.5 Å². The number of aliphatic carboxylic acids is 1. The molecule has 1 aromatic carbocycles. The van der Waals surface area contributed by atoms with Crippen LogP contribution in [0.15, 0.2) is 55.1 Å². The Morgan fingerprint density at radius 2 is 1.73 bits per heavy atom. The Bertz CT molecular complexity index is 1520. The minimum Gasteiger partial charge on any atom is -0.481 e. The molecule has 1 fully saturated rings. The number of imidazole rings is 1. The lowest BCUT2D eigenvalue weighted by atomic mass is 9.93. The molecule has 1 saturated heterocycles. The smallest absolute Gasteiger partial charge is 0.303 e. The van der Waals surface area contributed by atoms with Crippen molar-refractivity contribution in [2.75, 3.05) is 24.5 Å². The number of hydrogen-bond donors (Lipinski definition) is 1. The molecule has 10 nitrogen and oxygen atoms in total. The SMILES string of the molecule is O=C(O)CC1CCN(Cc2cc(Oc3cnc(N4CCn5ccnc5C4)nc3)nc(-c3cc(Cl)cc(Cl)c3)c2)CC1. The predicted molar refractivity (Wildman–Crippen MR) is 155 cm³/mol. The number of benzene rings is 1. The van der Waals surface area contributed by atoms with Crippen LogP contribution in [0, 0.1) is 5.92 Å². The van der Waals surface area contributed by atoms with Crippen molar-refractivity contribution in [3.05, 3.63) is 76.6 Å². The Labute approximate surface area is 247 Å². The summed E-state index contributed by atoms with van der Waals surface area (Å²) in [6.07, 6.45) is 9.05. The molecule has 5 heterocycles. The lowest BCUT2D eigenvalue weighted by molar-refractivity contribution is -0.138. The van der Waals surface area contributed by atoms with Crippen LogP contribution < -0.4 is 9.64 Å². The molecule has 2 aliphatic rings. The molecule has 12 heteroatoms. The van der Waals surface area contributed by atoms with Gasteiger partial charge in [0.15, 0.2) is 5.75 Å². The molecular weight excluding hydrogens is 565 g/mol. The van der Waals surface area contributed by atoms with E-state index < -0.39 is 5.97 Å². The fourth-order valence-corrected chi connectivity index (χ4v) is 5.92. The molecule has 4 aromatic rings. The van der Waals surface area contributed by atoms with Crippen LogP contribution in [0.2, 0.25) is 10.0 Å². The van der Waals surface area contributed by atoms with Gasteiger partial charge in [-0.3, -0.25) is 9.69 Å². The predicted octanol–water partition coefficient (Wildman–Crippen LogP) is 5.54. The van der Waals surface area contributed by atoms with Gasteiger partial charge in [0.05, 0.1) is 24.6 Å². The standard InChI is InChI=1S/C29H29Cl2N7O3/c30-22-12-21(13-23(31)14-22)25-9-20(17-36-4-1-19(2-5-36)11-28(39)40)10-27(35-25)41-24-15-33-29(34-16-24)38-8-7-37-6-3-32-26(37)18-38/h3,6,9-10,12-16,19H,1-2,4-5,7-8,11,17-18H2,(H,39,40). The highest BCUT2D eigenvalue weighted by molar-refractivity contribution is 6.35. The summed E-state index contributed by atoms with van der Waals surface area (Å²) in [6.45, 7) is 4.63. The van der Waals surface area contributed by atoms with Crippen LogP contribution in [0.25, 0.3) is 11.3 Å². The van der Waals surface area contributed by atoms with Crippen molar-refractivity contribution in [1.82, 2.24) is 29.4 Å². The number of anilines is 1. The fraction of sp³-hybridized carbons (Fsp3) is 0.345. The number of aromatic nitrogens is 5. The minimum atomic E-state index is -0.732. The third-order valence-corrected chi connectivity index (χ3v) is 7.90. The second-order valence-corrected chi connectivity index (χ2v) is 11.3. The lowest BCUT2D eigenvalue weighted by Crippen LogP contribution is -2.34. The van der Waals surface area contributed by atoms with Crippen molar-refractivity contribution in [1.29, 1.82) is 0 Å². The first-order valence-corrected chi connectivity index (χ1v) is 14.3. The second-order valence-electron chi connectivity index (χ2n) is 10.5. The number of carbonyl (C=O) groups is 1. The number of ether oxygens (including phenoxy) is 1. The Hall–Kier alpha value is -3.73. The summed E-state index contributed by atoms with van der Waals surface area (Å²) in [5.74, 6) is 1.98. The van der Waals surface area contributed by atoms with E-state index in [-0.39, 0.29) is 12.3 Å². The number of nitrogens with zero attached hydrogens (tertiary/aromatic N) is 7. The maximum atomic E-state index is 11.1. The molecule has 0 saturated carbocycles. The highest BCUT2D eigenvalue weighted by Gasteiger charge is 2.22. The van der Waals surface area contributed by atoms with Gasteiger partial charge in [0.1, 0.15) is 5.82 Å². The van der Waals surface area contributed by atoms with Crippen molar-refractivity contribution in [3.63, 3.8) is 0 Å². The molecule has 2 aliphatic heterocycles. The maximum Gasteiger partial charge on any atom is 0.303 e. The van der Waals surface area contributed by atoms with Gasteiger partial charge in [-0.05, 0) is 61.7 Å². The van der Waals surface area contributed by atoms with E-state index >= 15 is 0 Å². The maximum absolute atomic E-state index is 11.1. The number of rotatable bonds is 8. The second kappa shape index (κ2) is 12.0. The molecule has 41 heavy (non-hydrogen) atoms. The van der Waals surface area contributed by atoms with Gasteiger partial charge in [-0.15, -0.1) is 0 Å². The minimum absolute atomic E-state index is 0.221. The van der Waals surface area contributed by atoms with Crippen molar-refractivity contribution >= 4 is 35.1 Å². The monoisotopic (exact) mass is 593 g/mol. The van der Waals surface area contributed by atoms with Crippen molar-refractivity contribution < 1.29 is 14.6 Å². The number of carboxylic acid groups (broad SMARTS) is 1. The molecule has 0 aliphatic carbocycles. The molecule has 212 valence electrons. The average Bonchev–Trinajstić information content (AvgIpc) is 3.42. The van der Waals surface area contributed by atoms with Crippen molar-refractivity contribution in [3.8, 4) is 22.9 Å². The van der Waals surface area contributed by atoms with Gasteiger partial charge >= 0.3 is 5.97 Å². The number of halogens is 2. The Morgan fingerprint density at radius 3 is 2.46 bits per heavy atom. The van der Waals surface area contributed by atoms with Crippen LogP contribution in [0.1, 0.15) is 30.7 Å². The highest BCUT2D eigenvalue weighted by atomic mass is 35.5. The van der Waals surface area contributed by atoms with Crippen LogP contribution in [0.5, 0.6) is 11.6 Å². The number of carboxylic acids is 1. The van der Waals surface area contributed by atoms with E-state index in [0.717, 1.165) is 56.0 Å². The first kappa shape index (κ1) is 27.4. The summed E-state index contributed by atoms with van der Waals surface area (Å²) >= 11 is 12.6. The number of fused-ring (bicyclic) bond motifs is 1. The largest absolute Gasteiger partial charge is 0.481 e. The Balaban J connectivity index is 1.21. The Morgan fingerprint density at radius 1 is 0.976 bits per heavy atom. The zero-order valence-corrected chi connectivity index (χ0v) is 23.8. The van der Waals surface area contributed by atoms with Gasteiger partial charge in [0, 0.05) is 60.1 Å². The number of hydrogen-bond acceptors (Lipinski definition) is 8. The topological polar surface area (TPSA) is 109 Å². The van der Waals surface area contributed by atoms with Crippen LogP contribution in [0.4, 0.5) is 5.95 Å². The summed E-state index contributed by atoms with van der Waals surface area (Å²) in [7, 11) is 0. The normalized spacial score (nSPS) is 16.0. The van der Waals surface area contributed by atoms with Gasteiger partial charge in [0.2, 0.25) is 11.8 Å². The fourth-order valence-electron chi connectivity index (χ4n) is 5.40. The van der Waals surface area contributed by atoms with Crippen LogP contribution in [0.3, 0.4) is 0 Å². The summed E-state index contributed by atoms with van der Waals surface area (Å²) < 4.78 is 8.29. The zero-order chi connectivity index (χ0) is 28.3. The molecule has 0 atom stereocenters. The van der Waals surface area contributed by atoms with Crippen molar-refractivity contribution in [2.45, 2.75) is 38.9 Å². The van der Waals surface area contributed by atoms with Gasteiger partial charge in [-0.25, -0.2) is 19.9 Å². The molecule has 0 unspecified atom stereocenters. The number of piperidine rings is 1. The first-order chi connectivity index (χ1) is 19.9. The molecule has 1 N–H and O–H groups in total. The molecule has 0 spiro atoms. The summed E-state index contributed by atoms with van der Waals surface area (Å²) in [4.78, 5) is 33.8. The van der Waals surface area contributed by atoms with Gasteiger partial charge < -0.3 is 19.3 Å². The van der Waals surface area contributed by atoms with E-state index in [4.69, 9.17) is 38.0 Å². The summed E-state index contributed by atoms with van der Waals surface area (Å²) in [6, 6.07) is 9.25. The number of likely N-dealkylation sites (tertiary alicyclic amines) is 1.